The first-order chi connectivity index (χ1) is 12.2. The Balaban J connectivity index is 0.00000243. The minimum atomic E-state index is -0.427. The van der Waals surface area contributed by atoms with Gasteiger partial charge in [-0.05, 0) is 42.9 Å². The van der Waals surface area contributed by atoms with Gasteiger partial charge in [-0.1, -0.05) is 91.0 Å². The lowest BCUT2D eigenvalue weighted by atomic mass is 9.70. The van der Waals surface area contributed by atoms with E-state index in [4.69, 9.17) is 0 Å². The van der Waals surface area contributed by atoms with E-state index in [0.29, 0.717) is 0 Å². The quantitative estimate of drug-likeness (QED) is 0.581. The number of carbonyl (C=O) groups is 1. The molecule has 0 spiro atoms. The van der Waals surface area contributed by atoms with Gasteiger partial charge in [0, 0.05) is 5.41 Å². The molecule has 0 aliphatic heterocycles. The van der Waals surface area contributed by atoms with Crippen LogP contribution < -0.4 is 0 Å². The summed E-state index contributed by atoms with van der Waals surface area (Å²) in [6.45, 7) is 1.74. The number of benzene rings is 3. The number of hydrogen-bond donors (Lipinski definition) is 0. The molecule has 132 valence electrons. The molecular formula is C24H27AlO. The van der Waals surface area contributed by atoms with E-state index < -0.39 is 5.41 Å². The summed E-state index contributed by atoms with van der Waals surface area (Å²) in [6.07, 6.45) is 2.27. The van der Waals surface area contributed by atoms with Gasteiger partial charge in [0.05, 0.1) is 0 Å². The van der Waals surface area contributed by atoms with Crippen molar-refractivity contribution >= 4 is 23.1 Å². The van der Waals surface area contributed by atoms with Crippen molar-refractivity contribution in [3.05, 3.63) is 108 Å². The van der Waals surface area contributed by atoms with E-state index in [1.807, 2.05) is 54.6 Å². The van der Waals surface area contributed by atoms with Gasteiger partial charge in [-0.25, -0.2) is 0 Å². The van der Waals surface area contributed by atoms with Crippen LogP contribution in [0.5, 0.6) is 0 Å². The van der Waals surface area contributed by atoms with E-state index in [9.17, 15) is 4.79 Å². The number of ketones is 1. The van der Waals surface area contributed by atoms with Crippen molar-refractivity contribution in [2.45, 2.75) is 26.2 Å². The maximum Gasteiger partial charge on any atom is 0.187 e. The van der Waals surface area contributed by atoms with E-state index in [1.165, 1.54) is 16.7 Å². The second-order valence-electron chi connectivity index (χ2n) is 6.82. The van der Waals surface area contributed by atoms with Crippen LogP contribution >= 0.6 is 0 Å². The molecule has 3 rings (SSSR count). The van der Waals surface area contributed by atoms with E-state index in [-0.39, 0.29) is 23.1 Å². The van der Waals surface area contributed by atoms with Crippen molar-refractivity contribution in [1.82, 2.24) is 0 Å². The molecule has 0 N–H and O–H groups in total. The lowest BCUT2D eigenvalue weighted by molar-refractivity contribution is -0.126. The standard InChI is InChI=1S/C24H24O.Al.3H/c1-20(25)24(17-21-11-5-2-6-12-21,18-22-13-7-3-8-14-22)19-23-15-9-4-10-16-23;;;;/h2-16H,17-19H2,1H3;;;;. The van der Waals surface area contributed by atoms with Gasteiger partial charge in [0.1, 0.15) is 5.78 Å². The Morgan fingerprint density at radius 3 is 1.12 bits per heavy atom. The molecule has 0 saturated heterocycles. The van der Waals surface area contributed by atoms with Crippen molar-refractivity contribution in [3.63, 3.8) is 0 Å². The smallest absolute Gasteiger partial charge is 0.187 e. The first-order valence-electron chi connectivity index (χ1n) is 8.81. The molecule has 0 heterocycles. The van der Waals surface area contributed by atoms with Crippen LogP contribution in [0, 0.1) is 5.41 Å². The highest BCUT2D eigenvalue weighted by atomic mass is 27.0. The topological polar surface area (TPSA) is 17.1 Å². The monoisotopic (exact) mass is 358 g/mol. The van der Waals surface area contributed by atoms with Crippen LogP contribution in [0.25, 0.3) is 0 Å². The van der Waals surface area contributed by atoms with E-state index in [0.717, 1.165) is 19.3 Å². The highest BCUT2D eigenvalue weighted by Crippen LogP contribution is 2.33. The molecule has 0 aromatic heterocycles. The molecule has 0 saturated carbocycles. The van der Waals surface area contributed by atoms with Crippen molar-refractivity contribution in [2.24, 2.45) is 5.41 Å². The molecule has 1 nitrogen and oxygen atoms in total. The molecule has 3 aromatic rings. The molecular weight excluding hydrogens is 331 g/mol. The Morgan fingerprint density at radius 1 is 0.615 bits per heavy atom. The first-order valence-corrected chi connectivity index (χ1v) is 8.81. The average molecular weight is 358 g/mol. The fourth-order valence-corrected chi connectivity index (χ4v) is 3.52. The molecule has 0 aliphatic rings. The van der Waals surface area contributed by atoms with Gasteiger partial charge in [-0.3, -0.25) is 4.79 Å². The molecule has 0 atom stereocenters. The highest BCUT2D eigenvalue weighted by molar-refractivity contribution is 5.83. The third-order valence-electron chi connectivity index (χ3n) is 4.90. The first kappa shape index (κ1) is 20.2. The van der Waals surface area contributed by atoms with Crippen molar-refractivity contribution in [3.8, 4) is 0 Å². The van der Waals surface area contributed by atoms with Crippen molar-refractivity contribution < 1.29 is 4.79 Å². The van der Waals surface area contributed by atoms with E-state index in [1.54, 1.807) is 6.92 Å². The summed E-state index contributed by atoms with van der Waals surface area (Å²) in [4.78, 5) is 12.9. The average Bonchev–Trinajstić information content (AvgIpc) is 2.64. The summed E-state index contributed by atoms with van der Waals surface area (Å²) in [7, 11) is 0. The maximum absolute atomic E-state index is 12.9. The summed E-state index contributed by atoms with van der Waals surface area (Å²) >= 11 is 0. The Kier molecular flexibility index (Phi) is 7.40. The van der Waals surface area contributed by atoms with Gasteiger partial charge in [0.15, 0.2) is 17.4 Å². The Hall–Kier alpha value is -2.14. The fraction of sp³-hybridized carbons (Fsp3) is 0.208. The van der Waals surface area contributed by atoms with Crippen LogP contribution in [0.3, 0.4) is 0 Å². The molecule has 2 heteroatoms. The summed E-state index contributed by atoms with van der Waals surface area (Å²) in [5, 5.41) is 0. The minimum absolute atomic E-state index is 0. The molecule has 26 heavy (non-hydrogen) atoms. The maximum atomic E-state index is 12.9. The lowest BCUT2D eigenvalue weighted by Gasteiger charge is -2.32. The Morgan fingerprint density at radius 2 is 0.885 bits per heavy atom. The molecule has 0 aliphatic carbocycles. The summed E-state index contributed by atoms with van der Waals surface area (Å²) in [5.41, 5.74) is 3.21. The third kappa shape index (κ3) is 5.18. The van der Waals surface area contributed by atoms with E-state index >= 15 is 0 Å². The van der Waals surface area contributed by atoms with Gasteiger partial charge in [0.2, 0.25) is 0 Å². The summed E-state index contributed by atoms with van der Waals surface area (Å²) in [6, 6.07) is 31.1. The summed E-state index contributed by atoms with van der Waals surface area (Å²) in [5.74, 6) is 0.254. The second-order valence-corrected chi connectivity index (χ2v) is 6.82. The number of carbonyl (C=O) groups excluding carboxylic acids is 1. The molecule has 0 fully saturated rings. The van der Waals surface area contributed by atoms with E-state index in [2.05, 4.69) is 36.4 Å². The van der Waals surface area contributed by atoms with Gasteiger partial charge < -0.3 is 0 Å². The largest absolute Gasteiger partial charge is 0.299 e. The Bertz CT molecular complexity index is 696. The molecule has 0 amide bonds. The van der Waals surface area contributed by atoms with Crippen LogP contribution in [0.1, 0.15) is 23.6 Å². The zero-order chi connectivity index (χ0) is 17.5. The van der Waals surface area contributed by atoms with Crippen molar-refractivity contribution in [1.29, 1.82) is 0 Å². The summed E-state index contributed by atoms with van der Waals surface area (Å²) < 4.78 is 0. The van der Waals surface area contributed by atoms with Crippen LogP contribution in [0.4, 0.5) is 0 Å². The SMILES string of the molecule is CC(=O)C(Cc1ccccc1)(Cc1ccccc1)Cc1ccccc1.[AlH3]. The van der Waals surface area contributed by atoms with Crippen molar-refractivity contribution in [2.75, 3.05) is 0 Å². The molecule has 3 aromatic carbocycles. The van der Waals surface area contributed by atoms with Gasteiger partial charge in [0.25, 0.3) is 0 Å². The normalized spacial score (nSPS) is 10.8. The molecule has 0 radical (unpaired) electrons. The zero-order valence-electron chi connectivity index (χ0n) is 14.7. The zero-order valence-corrected chi connectivity index (χ0v) is 14.7. The second kappa shape index (κ2) is 9.53. The Labute approximate surface area is 167 Å². The number of hydrogen-bond acceptors (Lipinski definition) is 1. The van der Waals surface area contributed by atoms with Crippen LogP contribution in [0.15, 0.2) is 91.0 Å². The third-order valence-corrected chi connectivity index (χ3v) is 4.90. The van der Waals surface area contributed by atoms with Crippen LogP contribution in [0.2, 0.25) is 0 Å². The van der Waals surface area contributed by atoms with Gasteiger partial charge >= 0.3 is 0 Å². The number of Topliss-reactive ketones (excluding diaryl/α,β-unsaturated/α-hetero) is 1. The predicted octanol–water partition coefficient (Wildman–Crippen LogP) is 4.11. The lowest BCUT2D eigenvalue weighted by Crippen LogP contribution is -2.36. The van der Waals surface area contributed by atoms with Gasteiger partial charge in [-0.15, -0.1) is 0 Å². The predicted molar refractivity (Wildman–Crippen MR) is 113 cm³/mol. The molecule has 0 bridgehead atoms. The van der Waals surface area contributed by atoms with Crippen LogP contribution in [-0.4, -0.2) is 23.1 Å². The van der Waals surface area contributed by atoms with Crippen LogP contribution in [-0.2, 0) is 24.1 Å². The van der Waals surface area contributed by atoms with Gasteiger partial charge in [-0.2, -0.15) is 0 Å². The highest BCUT2D eigenvalue weighted by Gasteiger charge is 2.36. The fourth-order valence-electron chi connectivity index (χ4n) is 3.52. The minimum Gasteiger partial charge on any atom is -0.299 e. The molecule has 0 unspecified atom stereocenters. The number of rotatable bonds is 7.